The van der Waals surface area contributed by atoms with E-state index in [9.17, 15) is 4.79 Å². The summed E-state index contributed by atoms with van der Waals surface area (Å²) >= 11 is 5.94. The predicted molar refractivity (Wildman–Crippen MR) is 93.5 cm³/mol. The third kappa shape index (κ3) is 3.91. The minimum Gasteiger partial charge on any atom is -0.346 e. The van der Waals surface area contributed by atoms with E-state index < -0.39 is 0 Å². The lowest BCUT2D eigenvalue weighted by atomic mass is 10.2. The Kier molecular flexibility index (Phi) is 4.77. The lowest BCUT2D eigenvalue weighted by Crippen LogP contribution is -2.24. The molecule has 0 saturated heterocycles. The van der Waals surface area contributed by atoms with Gasteiger partial charge in [-0.1, -0.05) is 41.4 Å². The van der Waals surface area contributed by atoms with E-state index in [-0.39, 0.29) is 11.6 Å². The minimum absolute atomic E-state index is 0.206. The summed E-state index contributed by atoms with van der Waals surface area (Å²) in [6.07, 6.45) is 0. The lowest BCUT2D eigenvalue weighted by Gasteiger charge is -2.07. The molecule has 0 radical (unpaired) electrons. The van der Waals surface area contributed by atoms with E-state index in [2.05, 4.69) is 26.0 Å². The largest absolute Gasteiger partial charge is 0.346 e. The van der Waals surface area contributed by atoms with Crippen LogP contribution in [0.3, 0.4) is 0 Å². The molecule has 0 spiro atoms. The summed E-state index contributed by atoms with van der Waals surface area (Å²) in [4.78, 5) is 12.3. The van der Waals surface area contributed by atoms with E-state index in [0.29, 0.717) is 17.4 Å². The zero-order valence-corrected chi connectivity index (χ0v) is 13.8. The van der Waals surface area contributed by atoms with Gasteiger partial charge in [0.25, 0.3) is 5.91 Å². The highest BCUT2D eigenvalue weighted by Crippen LogP contribution is 2.17. The zero-order chi connectivity index (χ0) is 16.9. The molecule has 6 nitrogen and oxygen atoms in total. The SMILES string of the molecule is Cc1ccc(Nc2n[nH]nc2C(=O)NCc2cccc(Cl)c2)cc1. The monoisotopic (exact) mass is 341 g/mol. The second-order valence-electron chi connectivity index (χ2n) is 5.32. The molecule has 2 aromatic carbocycles. The van der Waals surface area contributed by atoms with Gasteiger partial charge in [-0.15, -0.1) is 10.2 Å². The van der Waals surface area contributed by atoms with Gasteiger partial charge in [0, 0.05) is 17.3 Å². The Labute approximate surface area is 144 Å². The second-order valence-corrected chi connectivity index (χ2v) is 5.76. The lowest BCUT2D eigenvalue weighted by molar-refractivity contribution is 0.0946. The van der Waals surface area contributed by atoms with Gasteiger partial charge < -0.3 is 10.6 Å². The van der Waals surface area contributed by atoms with Crippen molar-refractivity contribution in [3.8, 4) is 0 Å². The molecule has 0 fully saturated rings. The number of aromatic nitrogens is 3. The van der Waals surface area contributed by atoms with Gasteiger partial charge in [0.2, 0.25) is 0 Å². The van der Waals surface area contributed by atoms with Crippen LogP contribution in [0.5, 0.6) is 0 Å². The third-order valence-electron chi connectivity index (χ3n) is 3.42. The van der Waals surface area contributed by atoms with Gasteiger partial charge in [-0.05, 0) is 36.8 Å². The molecule has 3 aromatic rings. The number of nitrogens with zero attached hydrogens (tertiary/aromatic N) is 2. The van der Waals surface area contributed by atoms with Crippen LogP contribution in [-0.4, -0.2) is 21.3 Å². The highest BCUT2D eigenvalue weighted by Gasteiger charge is 2.16. The molecule has 0 aliphatic heterocycles. The van der Waals surface area contributed by atoms with E-state index in [1.807, 2.05) is 43.3 Å². The van der Waals surface area contributed by atoms with E-state index in [1.165, 1.54) is 0 Å². The molecule has 122 valence electrons. The molecule has 3 N–H and O–H groups in total. The molecule has 1 amide bonds. The first kappa shape index (κ1) is 16.0. The number of benzene rings is 2. The van der Waals surface area contributed by atoms with E-state index in [1.54, 1.807) is 12.1 Å². The smallest absolute Gasteiger partial charge is 0.275 e. The first-order valence-corrected chi connectivity index (χ1v) is 7.77. The molecule has 0 unspecified atom stereocenters. The van der Waals surface area contributed by atoms with Gasteiger partial charge in [0.1, 0.15) is 0 Å². The van der Waals surface area contributed by atoms with Gasteiger partial charge in [-0.2, -0.15) is 5.21 Å². The molecule has 7 heteroatoms. The molecule has 24 heavy (non-hydrogen) atoms. The molecule has 0 atom stereocenters. The second kappa shape index (κ2) is 7.14. The summed E-state index contributed by atoms with van der Waals surface area (Å²) in [5.74, 6) is 0.0563. The van der Waals surface area contributed by atoms with Crippen LogP contribution in [0.2, 0.25) is 5.02 Å². The van der Waals surface area contributed by atoms with Crippen LogP contribution in [0.25, 0.3) is 0 Å². The normalized spacial score (nSPS) is 10.4. The number of H-pyrrole nitrogens is 1. The van der Waals surface area contributed by atoms with Crippen molar-refractivity contribution in [3.05, 3.63) is 70.4 Å². The molecule has 0 saturated carbocycles. The van der Waals surface area contributed by atoms with Gasteiger partial charge >= 0.3 is 0 Å². The zero-order valence-electron chi connectivity index (χ0n) is 13.0. The first-order chi connectivity index (χ1) is 11.6. The Bertz CT molecular complexity index is 844. The number of anilines is 2. The summed E-state index contributed by atoms with van der Waals surface area (Å²) in [5.41, 5.74) is 3.10. The van der Waals surface area contributed by atoms with Crippen molar-refractivity contribution in [2.24, 2.45) is 0 Å². The van der Waals surface area contributed by atoms with Crippen LogP contribution in [0, 0.1) is 6.92 Å². The number of nitrogens with one attached hydrogen (secondary N) is 3. The maximum absolute atomic E-state index is 12.3. The van der Waals surface area contributed by atoms with Gasteiger partial charge in [0.15, 0.2) is 11.5 Å². The Morgan fingerprint density at radius 2 is 1.96 bits per heavy atom. The number of rotatable bonds is 5. The standard InChI is InChI=1S/C17H16ClN5O/c1-11-5-7-14(8-6-11)20-16-15(21-23-22-16)17(24)19-10-12-3-2-4-13(18)9-12/h2-9H,10H2,1H3,(H,19,24)(H2,20,21,22,23). The highest BCUT2D eigenvalue weighted by atomic mass is 35.5. The van der Waals surface area contributed by atoms with Crippen molar-refractivity contribution >= 4 is 29.0 Å². The van der Waals surface area contributed by atoms with Crippen molar-refractivity contribution in [3.63, 3.8) is 0 Å². The summed E-state index contributed by atoms with van der Waals surface area (Å²) in [7, 11) is 0. The van der Waals surface area contributed by atoms with Crippen molar-refractivity contribution in [1.82, 2.24) is 20.7 Å². The fourth-order valence-electron chi connectivity index (χ4n) is 2.16. The van der Waals surface area contributed by atoms with Gasteiger partial charge in [-0.3, -0.25) is 4.79 Å². The number of hydrogen-bond donors (Lipinski definition) is 3. The summed E-state index contributed by atoms with van der Waals surface area (Å²) in [5, 5.41) is 16.9. The van der Waals surface area contributed by atoms with Crippen molar-refractivity contribution < 1.29 is 4.79 Å². The van der Waals surface area contributed by atoms with Gasteiger partial charge in [0.05, 0.1) is 0 Å². The average molecular weight is 342 g/mol. The average Bonchev–Trinajstić information content (AvgIpc) is 3.03. The molecule has 0 aliphatic rings. The molecular weight excluding hydrogens is 326 g/mol. The molecule has 0 bridgehead atoms. The maximum atomic E-state index is 12.3. The summed E-state index contributed by atoms with van der Waals surface area (Å²) in [6.45, 7) is 2.37. The minimum atomic E-state index is -0.321. The van der Waals surface area contributed by atoms with Crippen LogP contribution < -0.4 is 10.6 Å². The van der Waals surface area contributed by atoms with Crippen molar-refractivity contribution in [2.45, 2.75) is 13.5 Å². The summed E-state index contributed by atoms with van der Waals surface area (Å²) < 4.78 is 0. The van der Waals surface area contributed by atoms with E-state index in [0.717, 1.165) is 16.8 Å². The maximum Gasteiger partial charge on any atom is 0.275 e. The third-order valence-corrected chi connectivity index (χ3v) is 3.65. The Hall–Kier alpha value is -2.86. The molecule has 1 heterocycles. The van der Waals surface area contributed by atoms with Gasteiger partial charge in [-0.25, -0.2) is 0 Å². The van der Waals surface area contributed by atoms with Crippen LogP contribution in [0.15, 0.2) is 48.5 Å². The summed E-state index contributed by atoms with van der Waals surface area (Å²) in [6, 6.07) is 15.1. The van der Waals surface area contributed by atoms with Crippen LogP contribution in [-0.2, 0) is 6.54 Å². The number of aryl methyl sites for hydroxylation is 1. The predicted octanol–water partition coefficient (Wildman–Crippen LogP) is 3.44. The van der Waals surface area contributed by atoms with Crippen LogP contribution >= 0.6 is 11.6 Å². The van der Waals surface area contributed by atoms with Crippen molar-refractivity contribution in [2.75, 3.05) is 5.32 Å². The topological polar surface area (TPSA) is 82.7 Å². The number of hydrogen-bond acceptors (Lipinski definition) is 4. The highest BCUT2D eigenvalue weighted by molar-refractivity contribution is 6.30. The number of aromatic amines is 1. The first-order valence-electron chi connectivity index (χ1n) is 7.39. The number of carbonyl (C=O) groups is 1. The molecular formula is C17H16ClN5O. The number of amides is 1. The Balaban J connectivity index is 1.67. The van der Waals surface area contributed by atoms with E-state index in [4.69, 9.17) is 11.6 Å². The molecule has 0 aliphatic carbocycles. The fourth-order valence-corrected chi connectivity index (χ4v) is 2.38. The Morgan fingerprint density at radius 1 is 1.17 bits per heavy atom. The Morgan fingerprint density at radius 3 is 2.71 bits per heavy atom. The van der Waals surface area contributed by atoms with Crippen LogP contribution in [0.4, 0.5) is 11.5 Å². The quantitative estimate of drug-likeness (QED) is 0.664. The van der Waals surface area contributed by atoms with Crippen LogP contribution in [0.1, 0.15) is 21.6 Å². The fraction of sp³-hybridized carbons (Fsp3) is 0.118. The number of carbonyl (C=O) groups excluding carboxylic acids is 1. The molecule has 3 rings (SSSR count). The molecule has 1 aromatic heterocycles. The van der Waals surface area contributed by atoms with E-state index >= 15 is 0 Å². The van der Waals surface area contributed by atoms with Crippen molar-refractivity contribution in [1.29, 1.82) is 0 Å². The number of halogens is 1.